The number of carbonyl (C=O) groups is 2. The zero-order chi connectivity index (χ0) is 19.8. The summed E-state index contributed by atoms with van der Waals surface area (Å²) in [5.41, 5.74) is 0.158. The van der Waals surface area contributed by atoms with Gasteiger partial charge in [0.25, 0.3) is 5.91 Å². The van der Waals surface area contributed by atoms with Gasteiger partial charge in [0.05, 0.1) is 21.5 Å². The van der Waals surface area contributed by atoms with Gasteiger partial charge >= 0.3 is 6.18 Å². The molecule has 2 N–H and O–H groups in total. The first-order valence-corrected chi connectivity index (χ1v) is 8.49. The molecule has 0 radical (unpaired) electrons. The number of alkyl halides is 3. The molecule has 0 fully saturated rings. The second-order valence-corrected chi connectivity index (χ2v) is 6.69. The summed E-state index contributed by atoms with van der Waals surface area (Å²) >= 11 is 1.18. The van der Waals surface area contributed by atoms with Crippen molar-refractivity contribution < 1.29 is 22.8 Å². The van der Waals surface area contributed by atoms with E-state index in [1.165, 1.54) is 25.2 Å². The van der Waals surface area contributed by atoms with Gasteiger partial charge < -0.3 is 5.32 Å². The fourth-order valence-corrected chi connectivity index (χ4v) is 3.28. The van der Waals surface area contributed by atoms with Gasteiger partial charge in [-0.15, -0.1) is 0 Å². The maximum absolute atomic E-state index is 12.7. The van der Waals surface area contributed by atoms with E-state index < -0.39 is 17.8 Å². The van der Waals surface area contributed by atoms with Crippen LogP contribution in [0.3, 0.4) is 0 Å². The first kappa shape index (κ1) is 18.8. The lowest BCUT2D eigenvalue weighted by atomic mass is 10.1. The van der Waals surface area contributed by atoms with Crippen molar-refractivity contribution in [3.05, 3.63) is 47.3 Å². The Kier molecular flexibility index (Phi) is 4.83. The Hall–Kier alpha value is -3.01. The van der Waals surface area contributed by atoms with E-state index in [1.54, 1.807) is 18.2 Å². The zero-order valence-electron chi connectivity index (χ0n) is 14.1. The molecule has 0 saturated heterocycles. The fraction of sp³-hybridized carbons (Fsp3) is 0.176. The highest BCUT2D eigenvalue weighted by Gasteiger charge is 2.33. The molecule has 0 atom stereocenters. The number of amides is 2. The molecule has 3 aromatic rings. The summed E-state index contributed by atoms with van der Waals surface area (Å²) in [6.45, 7) is 2.73. The largest absolute Gasteiger partial charge is 0.433 e. The van der Waals surface area contributed by atoms with Gasteiger partial charge in [0.2, 0.25) is 5.91 Å². The van der Waals surface area contributed by atoms with Crippen molar-refractivity contribution in [2.75, 3.05) is 10.6 Å². The molecule has 0 bridgehead atoms. The molecule has 0 aliphatic carbocycles. The summed E-state index contributed by atoms with van der Waals surface area (Å²) in [5, 5.41) is 5.50. The number of aromatic nitrogens is 2. The van der Waals surface area contributed by atoms with Crippen molar-refractivity contribution in [3.8, 4) is 0 Å². The van der Waals surface area contributed by atoms with Gasteiger partial charge in [-0.3, -0.25) is 14.9 Å². The van der Waals surface area contributed by atoms with Crippen LogP contribution in [-0.2, 0) is 11.0 Å². The Labute approximate surface area is 155 Å². The summed E-state index contributed by atoms with van der Waals surface area (Å²) in [7, 11) is 0. The molecule has 140 valence electrons. The van der Waals surface area contributed by atoms with Gasteiger partial charge in [0.15, 0.2) is 5.13 Å². The molecule has 2 amide bonds. The van der Waals surface area contributed by atoms with E-state index in [1.807, 2.05) is 0 Å². The van der Waals surface area contributed by atoms with Crippen LogP contribution in [0.1, 0.15) is 28.7 Å². The number of fused-ring (bicyclic) bond motifs is 1. The number of hydrogen-bond acceptors (Lipinski definition) is 5. The minimum absolute atomic E-state index is 0.0289. The summed E-state index contributed by atoms with van der Waals surface area (Å²) in [4.78, 5) is 31.2. The van der Waals surface area contributed by atoms with Crippen molar-refractivity contribution in [3.63, 3.8) is 0 Å². The average Bonchev–Trinajstić information content (AvgIpc) is 2.94. The molecule has 0 unspecified atom stereocenters. The van der Waals surface area contributed by atoms with Crippen LogP contribution in [0.4, 0.5) is 24.0 Å². The Morgan fingerprint density at radius 3 is 2.44 bits per heavy atom. The van der Waals surface area contributed by atoms with Crippen LogP contribution >= 0.6 is 11.3 Å². The summed E-state index contributed by atoms with van der Waals surface area (Å²) in [6.07, 6.45) is -4.57. The SMILES string of the molecule is CC(=O)Nc1ccc2nc(NC(=O)c3ccc(C(F)(F)F)nc3C)sc2c1. The second-order valence-electron chi connectivity index (χ2n) is 5.66. The third-order valence-electron chi connectivity index (χ3n) is 3.55. The number of anilines is 2. The zero-order valence-corrected chi connectivity index (χ0v) is 15.0. The molecular weight excluding hydrogens is 381 g/mol. The van der Waals surface area contributed by atoms with Crippen LogP contribution in [-0.4, -0.2) is 21.8 Å². The number of nitrogens with zero attached hydrogens (tertiary/aromatic N) is 2. The predicted octanol–water partition coefficient (Wildman–Crippen LogP) is 4.23. The van der Waals surface area contributed by atoms with Crippen LogP contribution in [0.5, 0.6) is 0 Å². The number of benzene rings is 1. The molecule has 6 nitrogen and oxygen atoms in total. The van der Waals surface area contributed by atoms with E-state index in [-0.39, 0.29) is 22.3 Å². The topological polar surface area (TPSA) is 84.0 Å². The Morgan fingerprint density at radius 1 is 1.07 bits per heavy atom. The van der Waals surface area contributed by atoms with E-state index in [4.69, 9.17) is 0 Å². The first-order chi connectivity index (χ1) is 12.6. The number of rotatable bonds is 3. The van der Waals surface area contributed by atoms with E-state index in [0.717, 1.165) is 16.8 Å². The Morgan fingerprint density at radius 2 is 1.81 bits per heavy atom. The van der Waals surface area contributed by atoms with E-state index in [0.29, 0.717) is 11.2 Å². The van der Waals surface area contributed by atoms with Crippen molar-refractivity contribution in [2.24, 2.45) is 0 Å². The number of hydrogen-bond donors (Lipinski definition) is 2. The summed E-state index contributed by atoms with van der Waals surface area (Å²) < 4.78 is 38.8. The highest BCUT2D eigenvalue weighted by molar-refractivity contribution is 7.22. The molecular formula is C17H13F3N4O2S. The molecule has 2 heterocycles. The highest BCUT2D eigenvalue weighted by atomic mass is 32.1. The van der Waals surface area contributed by atoms with Crippen LogP contribution in [0.2, 0.25) is 0 Å². The molecule has 1 aromatic carbocycles. The minimum atomic E-state index is -4.57. The molecule has 10 heteroatoms. The molecule has 0 spiro atoms. The lowest BCUT2D eigenvalue weighted by Crippen LogP contribution is -2.16. The van der Waals surface area contributed by atoms with Gasteiger partial charge in [0, 0.05) is 12.6 Å². The highest BCUT2D eigenvalue weighted by Crippen LogP contribution is 2.30. The Balaban J connectivity index is 1.82. The average molecular weight is 394 g/mol. The molecule has 0 aliphatic heterocycles. The summed E-state index contributed by atoms with van der Waals surface area (Å²) in [5.74, 6) is -0.812. The van der Waals surface area contributed by atoms with Crippen molar-refractivity contribution >= 4 is 44.2 Å². The standard InChI is InChI=1S/C17H13F3N4O2S/c1-8-11(4-6-14(21-8)17(18,19)20)15(26)24-16-23-12-5-3-10(22-9(2)25)7-13(12)27-16/h3-7H,1-2H3,(H,22,25)(H,23,24,26). The predicted molar refractivity (Wildman–Crippen MR) is 95.9 cm³/mol. The van der Waals surface area contributed by atoms with Crippen LogP contribution in [0.25, 0.3) is 10.2 Å². The van der Waals surface area contributed by atoms with Gasteiger partial charge in [0.1, 0.15) is 5.69 Å². The number of pyridine rings is 1. The lowest BCUT2D eigenvalue weighted by Gasteiger charge is -2.09. The monoisotopic (exact) mass is 394 g/mol. The van der Waals surface area contributed by atoms with Crippen molar-refractivity contribution in [1.29, 1.82) is 0 Å². The van der Waals surface area contributed by atoms with Crippen LogP contribution in [0.15, 0.2) is 30.3 Å². The first-order valence-electron chi connectivity index (χ1n) is 7.68. The van der Waals surface area contributed by atoms with Gasteiger partial charge in [-0.25, -0.2) is 9.97 Å². The van der Waals surface area contributed by atoms with Crippen LogP contribution < -0.4 is 10.6 Å². The number of aryl methyl sites for hydroxylation is 1. The van der Waals surface area contributed by atoms with Gasteiger partial charge in [-0.1, -0.05) is 11.3 Å². The maximum Gasteiger partial charge on any atom is 0.433 e. The third kappa shape index (κ3) is 4.22. The smallest absolute Gasteiger partial charge is 0.326 e. The van der Waals surface area contributed by atoms with Crippen LogP contribution in [0, 0.1) is 6.92 Å². The quantitative estimate of drug-likeness (QED) is 0.696. The van der Waals surface area contributed by atoms with E-state index in [9.17, 15) is 22.8 Å². The minimum Gasteiger partial charge on any atom is -0.326 e. The normalized spacial score (nSPS) is 11.4. The number of halogens is 3. The number of carbonyl (C=O) groups excluding carboxylic acids is 2. The van der Waals surface area contributed by atoms with E-state index >= 15 is 0 Å². The maximum atomic E-state index is 12.7. The molecule has 0 saturated carbocycles. The van der Waals surface area contributed by atoms with E-state index in [2.05, 4.69) is 20.6 Å². The second kappa shape index (κ2) is 6.95. The molecule has 0 aliphatic rings. The number of thiazole rings is 1. The lowest BCUT2D eigenvalue weighted by molar-refractivity contribution is -0.141. The number of nitrogens with one attached hydrogen (secondary N) is 2. The van der Waals surface area contributed by atoms with Crippen molar-refractivity contribution in [2.45, 2.75) is 20.0 Å². The molecule has 2 aromatic heterocycles. The third-order valence-corrected chi connectivity index (χ3v) is 4.48. The molecule has 3 rings (SSSR count). The summed E-state index contributed by atoms with van der Waals surface area (Å²) in [6, 6.07) is 6.94. The van der Waals surface area contributed by atoms with Crippen molar-refractivity contribution in [1.82, 2.24) is 9.97 Å². The molecule has 27 heavy (non-hydrogen) atoms. The fourth-order valence-electron chi connectivity index (χ4n) is 2.38. The van der Waals surface area contributed by atoms with Gasteiger partial charge in [-0.05, 0) is 37.3 Å². The Bertz CT molecular complexity index is 1050. The van der Waals surface area contributed by atoms with Gasteiger partial charge in [-0.2, -0.15) is 13.2 Å².